The average molecular weight is 276 g/mol. The number of benzene rings is 1. The fourth-order valence-corrected chi connectivity index (χ4v) is 2.35. The Balaban J connectivity index is 1.99. The summed E-state index contributed by atoms with van der Waals surface area (Å²) in [5.41, 5.74) is 2.27. The molecule has 0 aromatic heterocycles. The van der Waals surface area contributed by atoms with Crippen LogP contribution in [0.2, 0.25) is 0 Å². The van der Waals surface area contributed by atoms with Gasteiger partial charge in [-0.05, 0) is 12.5 Å². The van der Waals surface area contributed by atoms with Gasteiger partial charge in [0.25, 0.3) is 5.91 Å². The first-order valence-electron chi connectivity index (χ1n) is 6.66. The van der Waals surface area contributed by atoms with E-state index < -0.39 is 0 Å². The Morgan fingerprint density at radius 1 is 1.40 bits per heavy atom. The molecule has 0 saturated carbocycles. The van der Waals surface area contributed by atoms with E-state index in [1.165, 1.54) is 17.7 Å². The summed E-state index contributed by atoms with van der Waals surface area (Å²) < 4.78 is 0. The number of hydrogen-bond donors (Lipinski definition) is 0. The topological polar surface area (TPSA) is 49.9 Å². The van der Waals surface area contributed by atoms with Gasteiger partial charge in [0.1, 0.15) is 0 Å². The predicted molar refractivity (Wildman–Crippen MR) is 74.5 cm³/mol. The Labute approximate surface area is 119 Å². The highest BCUT2D eigenvalue weighted by atomic mass is 16.7. The smallest absolute Gasteiger partial charge is 0.251 e. The number of carbonyl (C=O) groups excluding carboxylic acids is 2. The van der Waals surface area contributed by atoms with Crippen LogP contribution in [0.3, 0.4) is 0 Å². The lowest BCUT2D eigenvalue weighted by Gasteiger charge is -2.19. The molecule has 108 valence electrons. The number of amides is 2. The van der Waals surface area contributed by atoms with Crippen molar-refractivity contribution in [1.82, 2.24) is 9.96 Å². The summed E-state index contributed by atoms with van der Waals surface area (Å²) in [6.45, 7) is 3.04. The minimum atomic E-state index is -0.308. The molecular weight excluding hydrogens is 256 g/mol. The molecule has 1 fully saturated rings. The molecule has 5 heteroatoms. The Kier molecular flexibility index (Phi) is 4.39. The van der Waals surface area contributed by atoms with Crippen LogP contribution in [0.5, 0.6) is 0 Å². The van der Waals surface area contributed by atoms with Crippen LogP contribution >= 0.6 is 0 Å². The van der Waals surface area contributed by atoms with Crippen LogP contribution in [0, 0.1) is 12.8 Å². The maximum absolute atomic E-state index is 12.0. The van der Waals surface area contributed by atoms with Crippen LogP contribution < -0.4 is 0 Å². The maximum Gasteiger partial charge on any atom is 0.251 e. The van der Waals surface area contributed by atoms with E-state index in [0.717, 1.165) is 5.56 Å². The van der Waals surface area contributed by atoms with Crippen molar-refractivity contribution in [2.75, 3.05) is 20.7 Å². The standard InChI is InChI=1S/C15H20N2O3/c1-11-4-6-12(7-5-11)9-17-10-13(8-14(17)18)15(19)16(2)20-3/h4-7,13H,8-10H2,1-3H3. The van der Waals surface area contributed by atoms with Gasteiger partial charge in [-0.2, -0.15) is 0 Å². The molecule has 0 N–H and O–H groups in total. The Morgan fingerprint density at radius 2 is 2.05 bits per heavy atom. The Morgan fingerprint density at radius 3 is 2.65 bits per heavy atom. The number of carbonyl (C=O) groups is 2. The second kappa shape index (κ2) is 6.05. The van der Waals surface area contributed by atoms with Gasteiger partial charge in [0.15, 0.2) is 0 Å². The first kappa shape index (κ1) is 14.5. The summed E-state index contributed by atoms with van der Waals surface area (Å²) in [5, 5.41) is 1.19. The summed E-state index contributed by atoms with van der Waals surface area (Å²) in [6, 6.07) is 8.08. The molecule has 1 saturated heterocycles. The molecule has 0 aliphatic carbocycles. The zero-order valence-corrected chi connectivity index (χ0v) is 12.1. The minimum Gasteiger partial charge on any atom is -0.338 e. The van der Waals surface area contributed by atoms with Crippen LogP contribution in [0.4, 0.5) is 0 Å². The fraction of sp³-hybridized carbons (Fsp3) is 0.467. The minimum absolute atomic E-state index is 0.0217. The number of hydrogen-bond acceptors (Lipinski definition) is 3. The van der Waals surface area contributed by atoms with Gasteiger partial charge in [-0.15, -0.1) is 0 Å². The molecule has 1 aromatic rings. The lowest BCUT2D eigenvalue weighted by molar-refractivity contribution is -0.173. The lowest BCUT2D eigenvalue weighted by atomic mass is 10.1. The molecule has 5 nitrogen and oxygen atoms in total. The summed E-state index contributed by atoms with van der Waals surface area (Å²) >= 11 is 0. The van der Waals surface area contributed by atoms with E-state index >= 15 is 0 Å². The van der Waals surface area contributed by atoms with Crippen molar-refractivity contribution in [2.24, 2.45) is 5.92 Å². The average Bonchev–Trinajstić information content (AvgIpc) is 2.81. The third-order valence-electron chi connectivity index (χ3n) is 3.64. The van der Waals surface area contributed by atoms with Crippen molar-refractivity contribution >= 4 is 11.8 Å². The molecule has 1 unspecified atom stereocenters. The quantitative estimate of drug-likeness (QED) is 0.780. The molecule has 2 amide bonds. The summed E-state index contributed by atoms with van der Waals surface area (Å²) in [5.74, 6) is -0.432. The van der Waals surface area contributed by atoms with E-state index in [1.807, 2.05) is 31.2 Å². The highest BCUT2D eigenvalue weighted by Gasteiger charge is 2.35. The van der Waals surface area contributed by atoms with E-state index in [2.05, 4.69) is 0 Å². The summed E-state index contributed by atoms with van der Waals surface area (Å²) in [6.07, 6.45) is 0.262. The van der Waals surface area contributed by atoms with Crippen molar-refractivity contribution in [3.63, 3.8) is 0 Å². The first-order chi connectivity index (χ1) is 9.51. The normalized spacial score (nSPS) is 18.4. The van der Waals surface area contributed by atoms with E-state index in [4.69, 9.17) is 4.84 Å². The Bertz CT molecular complexity index is 498. The number of aryl methyl sites for hydroxylation is 1. The number of hydroxylamine groups is 2. The molecule has 2 rings (SSSR count). The number of rotatable bonds is 4. The molecular formula is C15H20N2O3. The van der Waals surface area contributed by atoms with E-state index in [0.29, 0.717) is 13.1 Å². The van der Waals surface area contributed by atoms with Gasteiger partial charge in [0.2, 0.25) is 5.91 Å². The van der Waals surface area contributed by atoms with Gasteiger partial charge in [-0.3, -0.25) is 14.4 Å². The van der Waals surface area contributed by atoms with Gasteiger partial charge in [0, 0.05) is 26.6 Å². The second-order valence-electron chi connectivity index (χ2n) is 5.18. The number of nitrogens with zero attached hydrogens (tertiary/aromatic N) is 2. The monoisotopic (exact) mass is 276 g/mol. The van der Waals surface area contributed by atoms with Crippen molar-refractivity contribution in [2.45, 2.75) is 19.9 Å². The van der Waals surface area contributed by atoms with E-state index in [9.17, 15) is 9.59 Å². The second-order valence-corrected chi connectivity index (χ2v) is 5.18. The van der Waals surface area contributed by atoms with Crippen LogP contribution in [0.1, 0.15) is 17.5 Å². The molecule has 1 aliphatic rings. The van der Waals surface area contributed by atoms with Crippen molar-refractivity contribution in [1.29, 1.82) is 0 Å². The molecule has 0 bridgehead atoms. The summed E-state index contributed by atoms with van der Waals surface area (Å²) in [7, 11) is 3.01. The van der Waals surface area contributed by atoms with Crippen molar-refractivity contribution < 1.29 is 14.4 Å². The molecule has 0 spiro atoms. The van der Waals surface area contributed by atoms with Crippen LogP contribution in [0.15, 0.2) is 24.3 Å². The van der Waals surface area contributed by atoms with E-state index in [-0.39, 0.29) is 24.2 Å². The summed E-state index contributed by atoms with van der Waals surface area (Å²) in [4.78, 5) is 30.6. The number of likely N-dealkylation sites (tertiary alicyclic amines) is 1. The highest BCUT2D eigenvalue weighted by molar-refractivity contribution is 5.88. The molecule has 0 radical (unpaired) electrons. The molecule has 1 atom stereocenters. The van der Waals surface area contributed by atoms with Crippen LogP contribution in [0.25, 0.3) is 0 Å². The van der Waals surface area contributed by atoms with Crippen molar-refractivity contribution in [3.8, 4) is 0 Å². The van der Waals surface area contributed by atoms with Gasteiger partial charge in [0.05, 0.1) is 13.0 Å². The molecule has 20 heavy (non-hydrogen) atoms. The van der Waals surface area contributed by atoms with E-state index in [1.54, 1.807) is 11.9 Å². The van der Waals surface area contributed by atoms with Gasteiger partial charge in [-0.25, -0.2) is 5.06 Å². The predicted octanol–water partition coefficient (Wildman–Crippen LogP) is 1.36. The lowest BCUT2D eigenvalue weighted by Crippen LogP contribution is -2.33. The van der Waals surface area contributed by atoms with Gasteiger partial charge >= 0.3 is 0 Å². The third-order valence-corrected chi connectivity index (χ3v) is 3.64. The largest absolute Gasteiger partial charge is 0.338 e. The SMILES string of the molecule is CON(C)C(=O)C1CC(=O)N(Cc2ccc(C)cc2)C1. The fourth-order valence-electron chi connectivity index (χ4n) is 2.35. The first-order valence-corrected chi connectivity index (χ1v) is 6.66. The third kappa shape index (κ3) is 3.17. The van der Waals surface area contributed by atoms with Crippen LogP contribution in [-0.2, 0) is 21.0 Å². The van der Waals surface area contributed by atoms with Crippen LogP contribution in [-0.4, -0.2) is 42.5 Å². The van der Waals surface area contributed by atoms with Gasteiger partial charge in [-0.1, -0.05) is 29.8 Å². The molecule has 1 aromatic carbocycles. The zero-order chi connectivity index (χ0) is 14.7. The maximum atomic E-state index is 12.0. The molecule has 1 heterocycles. The molecule has 1 aliphatic heterocycles. The van der Waals surface area contributed by atoms with Gasteiger partial charge < -0.3 is 4.90 Å². The highest BCUT2D eigenvalue weighted by Crippen LogP contribution is 2.22. The zero-order valence-electron chi connectivity index (χ0n) is 12.1. The van der Waals surface area contributed by atoms with Crippen molar-refractivity contribution in [3.05, 3.63) is 35.4 Å². The Hall–Kier alpha value is -1.88.